The van der Waals surface area contributed by atoms with E-state index in [2.05, 4.69) is 10.3 Å². The predicted molar refractivity (Wildman–Crippen MR) is 59.0 cm³/mol. The predicted octanol–water partition coefficient (Wildman–Crippen LogP) is 0.347. The van der Waals surface area contributed by atoms with Crippen LogP contribution < -0.4 is 10.1 Å². The second kappa shape index (κ2) is 5.46. The Hall–Kier alpha value is -1.62. The third-order valence-corrected chi connectivity index (χ3v) is 1.88. The van der Waals surface area contributed by atoms with E-state index < -0.39 is 5.54 Å². The van der Waals surface area contributed by atoms with Crippen molar-refractivity contribution in [1.82, 2.24) is 10.3 Å². The summed E-state index contributed by atoms with van der Waals surface area (Å²) in [7, 11) is 0. The van der Waals surface area contributed by atoms with Crippen LogP contribution in [0.15, 0.2) is 24.5 Å². The number of aliphatic hydroxyl groups is 1. The maximum atomic E-state index is 11.4. The van der Waals surface area contributed by atoms with Crippen molar-refractivity contribution in [3.63, 3.8) is 0 Å². The van der Waals surface area contributed by atoms with Gasteiger partial charge in [-0.15, -0.1) is 0 Å². The maximum absolute atomic E-state index is 11.4. The van der Waals surface area contributed by atoms with E-state index in [1.165, 1.54) is 6.20 Å². The van der Waals surface area contributed by atoms with Gasteiger partial charge in [-0.05, 0) is 26.0 Å². The first-order valence-corrected chi connectivity index (χ1v) is 4.98. The van der Waals surface area contributed by atoms with Crippen molar-refractivity contribution >= 4 is 5.91 Å². The number of ether oxygens (including phenoxy) is 1. The molecule has 88 valence electrons. The van der Waals surface area contributed by atoms with E-state index in [0.29, 0.717) is 5.75 Å². The molecule has 0 aliphatic carbocycles. The molecule has 1 aromatic heterocycles. The Kier molecular flexibility index (Phi) is 4.25. The summed E-state index contributed by atoms with van der Waals surface area (Å²) in [4.78, 5) is 15.3. The second-order valence-electron chi connectivity index (χ2n) is 4.07. The lowest BCUT2D eigenvalue weighted by atomic mass is 10.1. The molecule has 0 saturated carbocycles. The Labute approximate surface area is 94.5 Å². The number of hydrogen-bond donors (Lipinski definition) is 2. The van der Waals surface area contributed by atoms with Crippen molar-refractivity contribution in [3.8, 4) is 5.75 Å². The molecule has 0 radical (unpaired) electrons. The van der Waals surface area contributed by atoms with Crippen LogP contribution in [0.4, 0.5) is 0 Å². The first kappa shape index (κ1) is 12.4. The number of hydrogen-bond acceptors (Lipinski definition) is 4. The summed E-state index contributed by atoms with van der Waals surface area (Å²) < 4.78 is 5.20. The molecule has 0 bridgehead atoms. The standard InChI is InChI=1S/C11H16N2O3/c1-11(2,8-14)13-10(15)7-16-9-4-3-5-12-6-9/h3-6,14H,7-8H2,1-2H3,(H,13,15). The van der Waals surface area contributed by atoms with Crippen molar-refractivity contribution in [2.75, 3.05) is 13.2 Å². The highest BCUT2D eigenvalue weighted by atomic mass is 16.5. The molecule has 0 fully saturated rings. The summed E-state index contributed by atoms with van der Waals surface area (Å²) in [5, 5.41) is 11.6. The molecule has 0 unspecified atom stereocenters. The molecule has 0 aromatic carbocycles. The zero-order chi connectivity index (χ0) is 12.0. The molecule has 1 amide bonds. The molecule has 0 aliphatic heterocycles. The molecule has 1 heterocycles. The fraction of sp³-hybridized carbons (Fsp3) is 0.455. The van der Waals surface area contributed by atoms with E-state index in [-0.39, 0.29) is 19.1 Å². The van der Waals surface area contributed by atoms with Crippen LogP contribution in [-0.4, -0.2) is 34.8 Å². The number of aromatic nitrogens is 1. The Balaban J connectivity index is 2.36. The fourth-order valence-corrected chi connectivity index (χ4v) is 1.03. The van der Waals surface area contributed by atoms with E-state index in [0.717, 1.165) is 0 Å². The summed E-state index contributed by atoms with van der Waals surface area (Å²) in [6.45, 7) is 3.25. The molecule has 0 saturated heterocycles. The molecule has 5 heteroatoms. The van der Waals surface area contributed by atoms with Crippen LogP contribution in [0.3, 0.4) is 0 Å². The summed E-state index contributed by atoms with van der Waals surface area (Å²) in [6.07, 6.45) is 3.16. The van der Waals surface area contributed by atoms with Gasteiger partial charge in [-0.25, -0.2) is 0 Å². The van der Waals surface area contributed by atoms with Gasteiger partial charge in [-0.2, -0.15) is 0 Å². The smallest absolute Gasteiger partial charge is 0.258 e. The number of nitrogens with zero attached hydrogens (tertiary/aromatic N) is 1. The minimum Gasteiger partial charge on any atom is -0.482 e. The third kappa shape index (κ3) is 4.27. The van der Waals surface area contributed by atoms with Crippen LogP contribution in [0.25, 0.3) is 0 Å². The van der Waals surface area contributed by atoms with Gasteiger partial charge in [-0.3, -0.25) is 9.78 Å². The van der Waals surface area contributed by atoms with Crippen LogP contribution in [0, 0.1) is 0 Å². The number of rotatable bonds is 5. The highest BCUT2D eigenvalue weighted by Crippen LogP contribution is 2.06. The van der Waals surface area contributed by atoms with Crippen LogP contribution in [-0.2, 0) is 4.79 Å². The lowest BCUT2D eigenvalue weighted by molar-refractivity contribution is -0.125. The first-order chi connectivity index (χ1) is 7.53. The minimum atomic E-state index is -0.630. The fourth-order valence-electron chi connectivity index (χ4n) is 1.03. The van der Waals surface area contributed by atoms with Crippen molar-refractivity contribution in [1.29, 1.82) is 0 Å². The Bertz CT molecular complexity index is 338. The van der Waals surface area contributed by atoms with Crippen LogP contribution >= 0.6 is 0 Å². The molecule has 5 nitrogen and oxygen atoms in total. The van der Waals surface area contributed by atoms with Crippen molar-refractivity contribution in [3.05, 3.63) is 24.5 Å². The van der Waals surface area contributed by atoms with E-state index in [4.69, 9.17) is 9.84 Å². The van der Waals surface area contributed by atoms with Gasteiger partial charge in [0.1, 0.15) is 5.75 Å². The summed E-state index contributed by atoms with van der Waals surface area (Å²) >= 11 is 0. The maximum Gasteiger partial charge on any atom is 0.258 e. The van der Waals surface area contributed by atoms with Gasteiger partial charge in [0.05, 0.1) is 18.3 Å². The van der Waals surface area contributed by atoms with E-state index in [9.17, 15) is 4.79 Å². The Morgan fingerprint density at radius 1 is 1.62 bits per heavy atom. The lowest BCUT2D eigenvalue weighted by Gasteiger charge is -2.23. The number of carbonyl (C=O) groups excluding carboxylic acids is 1. The van der Waals surface area contributed by atoms with Gasteiger partial charge >= 0.3 is 0 Å². The summed E-state index contributed by atoms with van der Waals surface area (Å²) in [5.41, 5.74) is -0.630. The molecule has 2 N–H and O–H groups in total. The van der Waals surface area contributed by atoms with Gasteiger partial charge < -0.3 is 15.2 Å². The molecule has 0 atom stereocenters. The molecule has 1 rings (SSSR count). The average molecular weight is 224 g/mol. The monoisotopic (exact) mass is 224 g/mol. The van der Waals surface area contributed by atoms with Crippen molar-refractivity contribution in [2.24, 2.45) is 0 Å². The number of nitrogens with one attached hydrogen (secondary N) is 1. The number of carbonyl (C=O) groups is 1. The normalized spacial score (nSPS) is 10.9. The van der Waals surface area contributed by atoms with Crippen molar-refractivity contribution in [2.45, 2.75) is 19.4 Å². The molecule has 0 aliphatic rings. The minimum absolute atomic E-state index is 0.0882. The number of aliphatic hydroxyl groups excluding tert-OH is 1. The highest BCUT2D eigenvalue weighted by molar-refractivity contribution is 5.78. The van der Waals surface area contributed by atoms with Gasteiger partial charge in [0.25, 0.3) is 5.91 Å². The average Bonchev–Trinajstić information content (AvgIpc) is 2.27. The van der Waals surface area contributed by atoms with Crippen LogP contribution in [0.5, 0.6) is 5.75 Å². The quantitative estimate of drug-likeness (QED) is 0.757. The van der Waals surface area contributed by atoms with Crippen LogP contribution in [0.2, 0.25) is 0 Å². The lowest BCUT2D eigenvalue weighted by Crippen LogP contribution is -2.48. The zero-order valence-corrected chi connectivity index (χ0v) is 9.43. The zero-order valence-electron chi connectivity index (χ0n) is 9.43. The van der Waals surface area contributed by atoms with Gasteiger partial charge in [0.2, 0.25) is 0 Å². The van der Waals surface area contributed by atoms with E-state index >= 15 is 0 Å². The SMILES string of the molecule is CC(C)(CO)NC(=O)COc1cccnc1. The molecular formula is C11H16N2O3. The van der Waals surface area contributed by atoms with Crippen LogP contribution in [0.1, 0.15) is 13.8 Å². The van der Waals surface area contributed by atoms with E-state index in [1.54, 1.807) is 32.2 Å². The molecule has 16 heavy (non-hydrogen) atoms. The summed E-state index contributed by atoms with van der Waals surface area (Å²) in [6, 6.07) is 3.45. The summed E-state index contributed by atoms with van der Waals surface area (Å²) in [5.74, 6) is 0.266. The van der Waals surface area contributed by atoms with Gasteiger partial charge in [0, 0.05) is 6.20 Å². The second-order valence-corrected chi connectivity index (χ2v) is 4.07. The molecule has 0 spiro atoms. The first-order valence-electron chi connectivity index (χ1n) is 4.98. The highest BCUT2D eigenvalue weighted by Gasteiger charge is 2.18. The number of amides is 1. The van der Waals surface area contributed by atoms with Gasteiger partial charge in [-0.1, -0.05) is 0 Å². The molecule has 1 aromatic rings. The van der Waals surface area contributed by atoms with Gasteiger partial charge in [0.15, 0.2) is 6.61 Å². The van der Waals surface area contributed by atoms with E-state index in [1.807, 2.05) is 0 Å². The largest absolute Gasteiger partial charge is 0.482 e. The third-order valence-electron chi connectivity index (χ3n) is 1.88. The Morgan fingerprint density at radius 3 is 2.94 bits per heavy atom. The molecular weight excluding hydrogens is 208 g/mol. The van der Waals surface area contributed by atoms with Crippen molar-refractivity contribution < 1.29 is 14.6 Å². The number of pyridine rings is 1. The topological polar surface area (TPSA) is 71.5 Å². The Morgan fingerprint density at radius 2 is 2.38 bits per heavy atom.